The van der Waals surface area contributed by atoms with Gasteiger partial charge in [0.25, 0.3) is 0 Å². The summed E-state index contributed by atoms with van der Waals surface area (Å²) in [6.45, 7) is 10.7. The van der Waals surface area contributed by atoms with Crippen LogP contribution in [0.5, 0.6) is 0 Å². The van der Waals surface area contributed by atoms with Gasteiger partial charge in [-0.2, -0.15) is 5.10 Å². The summed E-state index contributed by atoms with van der Waals surface area (Å²) < 4.78 is 1.95. The van der Waals surface area contributed by atoms with Crippen LogP contribution in [0.4, 0.5) is 0 Å². The molecule has 0 fully saturated rings. The maximum absolute atomic E-state index is 4.45. The highest BCUT2D eigenvalue weighted by molar-refractivity contribution is 5.57. The molecule has 1 N–H and O–H groups in total. The fraction of sp³-hybridized carbons (Fsp3) is 0.643. The van der Waals surface area contributed by atoms with E-state index in [1.165, 1.54) is 23.3 Å². The van der Waals surface area contributed by atoms with E-state index >= 15 is 0 Å². The highest BCUT2D eigenvalue weighted by atomic mass is 15.3. The van der Waals surface area contributed by atoms with Gasteiger partial charge in [-0.25, -0.2) is 0 Å². The van der Waals surface area contributed by atoms with Crippen LogP contribution < -0.4 is 5.32 Å². The van der Waals surface area contributed by atoms with Crippen LogP contribution in [-0.2, 0) is 7.05 Å². The van der Waals surface area contributed by atoms with Gasteiger partial charge in [0.15, 0.2) is 0 Å². The van der Waals surface area contributed by atoms with E-state index < -0.39 is 0 Å². The zero-order valence-corrected chi connectivity index (χ0v) is 11.8. The summed E-state index contributed by atoms with van der Waals surface area (Å²) in [6, 6.07) is 0. The molecule has 0 bridgehead atoms. The quantitative estimate of drug-likeness (QED) is 0.768. The van der Waals surface area contributed by atoms with E-state index in [0.717, 1.165) is 25.2 Å². The highest BCUT2D eigenvalue weighted by Gasteiger charge is 2.07. The largest absolute Gasteiger partial charge is 0.313 e. The summed E-state index contributed by atoms with van der Waals surface area (Å²) in [5.74, 6) is 0. The molecular weight excluding hydrogens is 210 g/mol. The first-order chi connectivity index (χ1) is 8.10. The molecule has 0 aromatic carbocycles. The molecule has 0 amide bonds. The number of aryl methyl sites for hydroxylation is 2. The molecule has 0 spiro atoms. The lowest BCUT2D eigenvalue weighted by atomic mass is 10.1. The van der Waals surface area contributed by atoms with E-state index in [1.807, 2.05) is 11.7 Å². The second-order valence-corrected chi connectivity index (χ2v) is 4.54. The van der Waals surface area contributed by atoms with E-state index in [4.69, 9.17) is 0 Å². The third-order valence-corrected chi connectivity index (χ3v) is 3.15. The topological polar surface area (TPSA) is 29.9 Å². The molecule has 1 aromatic rings. The van der Waals surface area contributed by atoms with E-state index in [1.54, 1.807) is 0 Å². The molecule has 1 rings (SSSR count). The number of nitrogens with one attached hydrogen (secondary N) is 1. The van der Waals surface area contributed by atoms with Crippen molar-refractivity contribution >= 4 is 6.08 Å². The smallest absolute Gasteiger partial charge is 0.0668 e. The predicted octanol–water partition coefficient (Wildman–Crippen LogP) is 2.83. The van der Waals surface area contributed by atoms with E-state index in [0.29, 0.717) is 0 Å². The maximum atomic E-state index is 4.45. The Morgan fingerprint density at radius 1 is 1.35 bits per heavy atom. The summed E-state index contributed by atoms with van der Waals surface area (Å²) in [7, 11) is 2.00. The minimum Gasteiger partial charge on any atom is -0.313 e. The molecule has 1 heterocycles. The van der Waals surface area contributed by atoms with Gasteiger partial charge in [0.05, 0.1) is 5.69 Å². The van der Waals surface area contributed by atoms with E-state index in [-0.39, 0.29) is 0 Å². The molecule has 0 aliphatic rings. The molecule has 1 aromatic heterocycles. The Hall–Kier alpha value is -1.09. The molecule has 17 heavy (non-hydrogen) atoms. The SMILES string of the molecule is CCCNCC(=Cc1c(C)nn(C)c1C)CC. The van der Waals surface area contributed by atoms with Gasteiger partial charge >= 0.3 is 0 Å². The van der Waals surface area contributed by atoms with Crippen molar-refractivity contribution in [3.8, 4) is 0 Å². The third kappa shape index (κ3) is 3.70. The van der Waals surface area contributed by atoms with Crippen LogP contribution in [0.3, 0.4) is 0 Å². The van der Waals surface area contributed by atoms with Gasteiger partial charge in [-0.15, -0.1) is 0 Å². The molecule has 96 valence electrons. The molecule has 0 unspecified atom stereocenters. The van der Waals surface area contributed by atoms with Crippen LogP contribution in [0.1, 0.15) is 43.6 Å². The minimum atomic E-state index is 0.984. The fourth-order valence-corrected chi connectivity index (χ4v) is 1.91. The van der Waals surface area contributed by atoms with Gasteiger partial charge in [-0.3, -0.25) is 4.68 Å². The zero-order valence-electron chi connectivity index (χ0n) is 11.8. The minimum absolute atomic E-state index is 0.984. The van der Waals surface area contributed by atoms with Crippen LogP contribution >= 0.6 is 0 Å². The first-order valence-electron chi connectivity index (χ1n) is 6.50. The van der Waals surface area contributed by atoms with Crippen LogP contribution in [0, 0.1) is 13.8 Å². The maximum Gasteiger partial charge on any atom is 0.0668 e. The van der Waals surface area contributed by atoms with Gasteiger partial charge in [0.2, 0.25) is 0 Å². The molecule has 0 aliphatic carbocycles. The van der Waals surface area contributed by atoms with Crippen molar-refractivity contribution in [2.24, 2.45) is 7.05 Å². The Morgan fingerprint density at radius 3 is 2.53 bits per heavy atom. The predicted molar refractivity (Wildman–Crippen MR) is 74.1 cm³/mol. The molecule has 0 saturated carbocycles. The summed E-state index contributed by atoms with van der Waals surface area (Å²) in [5, 5.41) is 7.90. The van der Waals surface area contributed by atoms with Gasteiger partial charge in [-0.05, 0) is 33.2 Å². The van der Waals surface area contributed by atoms with Crippen molar-refractivity contribution < 1.29 is 0 Å². The van der Waals surface area contributed by atoms with E-state index in [9.17, 15) is 0 Å². The van der Waals surface area contributed by atoms with Crippen molar-refractivity contribution in [1.82, 2.24) is 15.1 Å². The van der Waals surface area contributed by atoms with Gasteiger partial charge in [0.1, 0.15) is 0 Å². The number of aromatic nitrogens is 2. The van der Waals surface area contributed by atoms with E-state index in [2.05, 4.69) is 44.2 Å². The molecule has 0 saturated heterocycles. The van der Waals surface area contributed by atoms with Gasteiger partial charge in [0, 0.05) is 24.8 Å². The summed E-state index contributed by atoms with van der Waals surface area (Å²) in [4.78, 5) is 0. The number of hydrogen-bond acceptors (Lipinski definition) is 2. The van der Waals surface area contributed by atoms with Gasteiger partial charge in [-0.1, -0.05) is 25.5 Å². The second kappa shape index (κ2) is 6.60. The number of hydrogen-bond donors (Lipinski definition) is 1. The van der Waals surface area contributed by atoms with Crippen LogP contribution in [0.2, 0.25) is 0 Å². The van der Waals surface area contributed by atoms with Crippen molar-refractivity contribution in [2.45, 2.75) is 40.5 Å². The van der Waals surface area contributed by atoms with Crippen LogP contribution in [-0.4, -0.2) is 22.9 Å². The second-order valence-electron chi connectivity index (χ2n) is 4.54. The fourth-order valence-electron chi connectivity index (χ4n) is 1.91. The molecule has 3 nitrogen and oxygen atoms in total. The Morgan fingerprint density at radius 2 is 2.06 bits per heavy atom. The number of nitrogens with zero attached hydrogens (tertiary/aromatic N) is 2. The average molecular weight is 235 g/mol. The Kier molecular flexibility index (Phi) is 5.42. The first-order valence-corrected chi connectivity index (χ1v) is 6.50. The molecule has 0 atom stereocenters. The van der Waals surface area contributed by atoms with Crippen molar-refractivity contribution in [1.29, 1.82) is 0 Å². The standard InChI is InChI=1S/C14H25N3/c1-6-8-15-10-13(7-2)9-14-11(3)16-17(5)12(14)4/h9,15H,6-8,10H2,1-5H3. The summed E-state index contributed by atoms with van der Waals surface area (Å²) >= 11 is 0. The van der Waals surface area contributed by atoms with Gasteiger partial charge < -0.3 is 5.32 Å². The van der Waals surface area contributed by atoms with Crippen molar-refractivity contribution in [2.75, 3.05) is 13.1 Å². The highest BCUT2D eigenvalue weighted by Crippen LogP contribution is 2.17. The van der Waals surface area contributed by atoms with Crippen LogP contribution in [0.25, 0.3) is 6.08 Å². The lowest BCUT2D eigenvalue weighted by Gasteiger charge is -2.06. The van der Waals surface area contributed by atoms with Crippen molar-refractivity contribution in [3.05, 3.63) is 22.5 Å². The molecular formula is C14H25N3. The number of rotatable bonds is 6. The monoisotopic (exact) mass is 235 g/mol. The van der Waals surface area contributed by atoms with Crippen LogP contribution in [0.15, 0.2) is 5.57 Å². The lowest BCUT2D eigenvalue weighted by Crippen LogP contribution is -2.17. The van der Waals surface area contributed by atoms with Crippen molar-refractivity contribution in [3.63, 3.8) is 0 Å². The molecule has 0 radical (unpaired) electrons. The molecule has 0 aliphatic heterocycles. The normalized spacial score (nSPS) is 12.2. The Balaban J connectivity index is 2.82. The zero-order chi connectivity index (χ0) is 12.8. The first kappa shape index (κ1) is 14.0. The third-order valence-electron chi connectivity index (χ3n) is 3.15. The Labute approximate surface area is 105 Å². The summed E-state index contributed by atoms with van der Waals surface area (Å²) in [6.07, 6.45) is 4.56. The lowest BCUT2D eigenvalue weighted by molar-refractivity contribution is 0.705. The molecule has 3 heteroatoms. The Bertz CT molecular complexity index is 388. The average Bonchev–Trinajstić information content (AvgIpc) is 2.54. The summed E-state index contributed by atoms with van der Waals surface area (Å²) in [5.41, 5.74) is 5.08.